The van der Waals surface area contributed by atoms with E-state index in [0.717, 1.165) is 12.0 Å². The van der Waals surface area contributed by atoms with Crippen molar-refractivity contribution in [2.45, 2.75) is 32.2 Å². The van der Waals surface area contributed by atoms with E-state index < -0.39 is 0 Å². The summed E-state index contributed by atoms with van der Waals surface area (Å²) in [5.74, 6) is -0.227. The van der Waals surface area contributed by atoms with Crippen molar-refractivity contribution in [1.82, 2.24) is 0 Å². The van der Waals surface area contributed by atoms with Gasteiger partial charge in [0.2, 0.25) is 0 Å². The van der Waals surface area contributed by atoms with Gasteiger partial charge in [-0.15, -0.1) is 0 Å². The molecule has 0 aliphatic heterocycles. The van der Waals surface area contributed by atoms with Crippen LogP contribution in [0.4, 0.5) is 4.39 Å². The topological polar surface area (TPSA) is 43.1 Å². The lowest BCUT2D eigenvalue weighted by atomic mass is 10.0. The number of ketones is 1. The summed E-state index contributed by atoms with van der Waals surface area (Å²) in [5, 5.41) is 0. The Labute approximate surface area is 103 Å². The molecule has 0 aliphatic carbocycles. The van der Waals surface area contributed by atoms with Gasteiger partial charge in [0, 0.05) is 23.4 Å². The highest BCUT2D eigenvalue weighted by atomic mass is 79.9. The largest absolute Gasteiger partial charge is 0.327 e. The van der Waals surface area contributed by atoms with E-state index in [1.54, 1.807) is 6.07 Å². The van der Waals surface area contributed by atoms with Crippen LogP contribution in [0.15, 0.2) is 22.7 Å². The first-order chi connectivity index (χ1) is 7.52. The van der Waals surface area contributed by atoms with E-state index in [4.69, 9.17) is 5.73 Å². The van der Waals surface area contributed by atoms with E-state index in [9.17, 15) is 9.18 Å². The van der Waals surface area contributed by atoms with E-state index >= 15 is 0 Å². The van der Waals surface area contributed by atoms with Crippen LogP contribution < -0.4 is 5.73 Å². The molecule has 1 aromatic carbocycles. The maximum Gasteiger partial charge on any atom is 0.138 e. The molecule has 2 N–H and O–H groups in total. The van der Waals surface area contributed by atoms with Gasteiger partial charge in [-0.1, -0.05) is 28.9 Å². The van der Waals surface area contributed by atoms with Crippen LogP contribution in [0.5, 0.6) is 0 Å². The SMILES string of the molecule is CCC(N)CC(=O)Cc1ccc(F)cc1Br. The smallest absolute Gasteiger partial charge is 0.138 e. The quantitative estimate of drug-likeness (QED) is 0.905. The van der Waals surface area contributed by atoms with Crippen molar-refractivity contribution in [2.24, 2.45) is 5.73 Å². The summed E-state index contributed by atoms with van der Waals surface area (Å²) in [6, 6.07) is 4.26. The van der Waals surface area contributed by atoms with Gasteiger partial charge in [0.25, 0.3) is 0 Å². The molecule has 0 amide bonds. The Morgan fingerprint density at radius 2 is 2.25 bits per heavy atom. The minimum atomic E-state index is -0.312. The van der Waals surface area contributed by atoms with Gasteiger partial charge in [-0.05, 0) is 24.1 Å². The normalized spacial score (nSPS) is 12.5. The maximum absolute atomic E-state index is 12.8. The van der Waals surface area contributed by atoms with Crippen molar-refractivity contribution in [2.75, 3.05) is 0 Å². The number of hydrogen-bond donors (Lipinski definition) is 1. The van der Waals surface area contributed by atoms with Gasteiger partial charge in [-0.3, -0.25) is 4.79 Å². The van der Waals surface area contributed by atoms with Crippen molar-refractivity contribution in [3.8, 4) is 0 Å². The summed E-state index contributed by atoms with van der Waals surface area (Å²) in [4.78, 5) is 11.6. The predicted octanol–water partition coefficient (Wildman–Crippen LogP) is 2.83. The van der Waals surface area contributed by atoms with Crippen LogP contribution in [0.1, 0.15) is 25.3 Å². The maximum atomic E-state index is 12.8. The van der Waals surface area contributed by atoms with Crippen molar-refractivity contribution in [3.05, 3.63) is 34.1 Å². The third kappa shape index (κ3) is 4.02. The Morgan fingerprint density at radius 3 is 2.81 bits per heavy atom. The molecular weight excluding hydrogens is 273 g/mol. The molecule has 16 heavy (non-hydrogen) atoms. The Balaban J connectivity index is 2.63. The summed E-state index contributed by atoms with van der Waals surface area (Å²) in [5.41, 5.74) is 6.50. The zero-order chi connectivity index (χ0) is 12.1. The van der Waals surface area contributed by atoms with Crippen molar-refractivity contribution < 1.29 is 9.18 Å². The number of Topliss-reactive ketones (excluding diaryl/α,β-unsaturated/α-hetero) is 1. The molecule has 1 aromatic rings. The van der Waals surface area contributed by atoms with Crippen molar-refractivity contribution >= 4 is 21.7 Å². The fourth-order valence-corrected chi connectivity index (χ4v) is 1.88. The van der Waals surface area contributed by atoms with E-state index in [-0.39, 0.29) is 17.6 Å². The second-order valence-corrected chi connectivity index (χ2v) is 4.68. The van der Waals surface area contributed by atoms with Gasteiger partial charge in [0.1, 0.15) is 11.6 Å². The van der Waals surface area contributed by atoms with Crippen LogP contribution >= 0.6 is 15.9 Å². The first kappa shape index (κ1) is 13.3. The zero-order valence-electron chi connectivity index (χ0n) is 9.17. The van der Waals surface area contributed by atoms with E-state index in [1.165, 1.54) is 12.1 Å². The van der Waals surface area contributed by atoms with Crippen LogP contribution in [0.2, 0.25) is 0 Å². The summed E-state index contributed by atoms with van der Waals surface area (Å²) in [6.07, 6.45) is 1.46. The lowest BCUT2D eigenvalue weighted by Crippen LogP contribution is -2.23. The monoisotopic (exact) mass is 287 g/mol. The average Bonchev–Trinajstić information content (AvgIpc) is 2.22. The summed E-state index contributed by atoms with van der Waals surface area (Å²) >= 11 is 3.24. The number of nitrogens with two attached hydrogens (primary N) is 1. The molecule has 1 rings (SSSR count). The van der Waals surface area contributed by atoms with Gasteiger partial charge >= 0.3 is 0 Å². The van der Waals surface area contributed by atoms with Crippen LogP contribution in [0, 0.1) is 5.82 Å². The Morgan fingerprint density at radius 1 is 1.56 bits per heavy atom. The Hall–Kier alpha value is -0.740. The Bertz CT molecular complexity index is 381. The van der Waals surface area contributed by atoms with Crippen LogP contribution in [-0.2, 0) is 11.2 Å². The molecule has 0 heterocycles. The fraction of sp³-hybridized carbons (Fsp3) is 0.417. The molecule has 0 saturated heterocycles. The molecule has 88 valence electrons. The molecule has 0 aromatic heterocycles. The highest BCUT2D eigenvalue weighted by Gasteiger charge is 2.10. The van der Waals surface area contributed by atoms with Crippen LogP contribution in [0.25, 0.3) is 0 Å². The Kier molecular flexibility index (Phi) is 5.09. The minimum absolute atomic E-state index is 0.0771. The first-order valence-corrected chi connectivity index (χ1v) is 6.03. The van der Waals surface area contributed by atoms with Crippen LogP contribution in [-0.4, -0.2) is 11.8 Å². The molecule has 0 radical (unpaired) electrons. The molecular formula is C12H15BrFNO. The fourth-order valence-electron chi connectivity index (χ4n) is 1.39. The molecule has 1 unspecified atom stereocenters. The minimum Gasteiger partial charge on any atom is -0.327 e. The van der Waals surface area contributed by atoms with Crippen molar-refractivity contribution in [3.63, 3.8) is 0 Å². The highest BCUT2D eigenvalue weighted by Crippen LogP contribution is 2.19. The van der Waals surface area contributed by atoms with Gasteiger partial charge in [0.15, 0.2) is 0 Å². The van der Waals surface area contributed by atoms with E-state index in [2.05, 4.69) is 15.9 Å². The third-order valence-electron chi connectivity index (χ3n) is 2.42. The summed E-state index contributed by atoms with van der Waals surface area (Å²) in [7, 11) is 0. The van der Waals surface area contributed by atoms with E-state index in [0.29, 0.717) is 17.3 Å². The number of carbonyl (C=O) groups excluding carboxylic acids is 1. The highest BCUT2D eigenvalue weighted by molar-refractivity contribution is 9.10. The number of benzene rings is 1. The summed E-state index contributed by atoms with van der Waals surface area (Å²) in [6.45, 7) is 1.95. The molecule has 4 heteroatoms. The second kappa shape index (κ2) is 6.11. The van der Waals surface area contributed by atoms with Gasteiger partial charge in [-0.25, -0.2) is 4.39 Å². The molecule has 0 fully saturated rings. The van der Waals surface area contributed by atoms with Crippen molar-refractivity contribution in [1.29, 1.82) is 0 Å². The second-order valence-electron chi connectivity index (χ2n) is 3.82. The predicted molar refractivity (Wildman–Crippen MR) is 65.7 cm³/mol. The first-order valence-electron chi connectivity index (χ1n) is 5.24. The molecule has 1 atom stereocenters. The molecule has 0 saturated carbocycles. The third-order valence-corrected chi connectivity index (χ3v) is 3.16. The van der Waals surface area contributed by atoms with Gasteiger partial charge in [0.05, 0.1) is 0 Å². The molecule has 0 spiro atoms. The van der Waals surface area contributed by atoms with Gasteiger partial charge < -0.3 is 5.73 Å². The molecule has 2 nitrogen and oxygen atoms in total. The molecule has 0 bridgehead atoms. The lowest BCUT2D eigenvalue weighted by molar-refractivity contribution is -0.118. The van der Waals surface area contributed by atoms with Crippen LogP contribution in [0.3, 0.4) is 0 Å². The number of rotatable bonds is 5. The number of hydrogen-bond acceptors (Lipinski definition) is 2. The number of carbonyl (C=O) groups is 1. The van der Waals surface area contributed by atoms with E-state index in [1.807, 2.05) is 6.92 Å². The average molecular weight is 288 g/mol. The molecule has 0 aliphatic rings. The number of halogens is 2. The zero-order valence-corrected chi connectivity index (χ0v) is 10.8. The lowest BCUT2D eigenvalue weighted by Gasteiger charge is -2.08. The standard InChI is InChI=1S/C12H15BrFNO/c1-2-10(15)7-11(16)5-8-3-4-9(14)6-12(8)13/h3-4,6,10H,2,5,7,15H2,1H3. The van der Waals surface area contributed by atoms with Gasteiger partial charge in [-0.2, -0.15) is 0 Å². The summed E-state index contributed by atoms with van der Waals surface area (Å²) < 4.78 is 13.4.